The van der Waals surface area contributed by atoms with Crippen molar-refractivity contribution in [2.45, 2.75) is 56.6 Å². The van der Waals surface area contributed by atoms with Gasteiger partial charge in [-0.25, -0.2) is 9.67 Å². The first-order valence-electron chi connectivity index (χ1n) is 11.0. The topological polar surface area (TPSA) is 86.3 Å². The Labute approximate surface area is 169 Å². The Morgan fingerprint density at radius 2 is 2.00 bits per heavy atom. The van der Waals surface area contributed by atoms with Gasteiger partial charge in [0.25, 0.3) is 5.91 Å². The van der Waals surface area contributed by atoms with Crippen molar-refractivity contribution in [1.29, 1.82) is 0 Å². The summed E-state index contributed by atoms with van der Waals surface area (Å²) in [6.07, 6.45) is 12.1. The lowest BCUT2D eigenvalue weighted by molar-refractivity contribution is -0.0375. The van der Waals surface area contributed by atoms with Crippen LogP contribution in [-0.2, 0) is 4.74 Å². The summed E-state index contributed by atoms with van der Waals surface area (Å²) in [4.78, 5) is 18.5. The number of hydrogen-bond acceptors (Lipinski definition) is 6. The standard InChI is InChI=1S/C21H27N5O3/c27-21(20-7-22-12-29-20)25-8-15-5-18(26-10-17(23-24-26)14-3-4-14)19(6-16(15)9-25)28-11-13-1-2-13/h7,10,12-16,18-19H,1-6,8-9,11H2/t15-,16+,18-,19-/m1/s1. The zero-order valence-electron chi connectivity index (χ0n) is 16.5. The van der Waals surface area contributed by atoms with Gasteiger partial charge in [0.15, 0.2) is 6.39 Å². The SMILES string of the molecule is O=C(c1cnco1)N1C[C@H]2C[C@@H](n3cc(C4CC4)nn3)[C@H](OCC3CC3)C[C@H]2C1. The van der Waals surface area contributed by atoms with Crippen molar-refractivity contribution < 1.29 is 13.9 Å². The summed E-state index contributed by atoms with van der Waals surface area (Å²) in [5.41, 5.74) is 1.13. The molecule has 8 heteroatoms. The zero-order chi connectivity index (χ0) is 19.4. The van der Waals surface area contributed by atoms with Gasteiger partial charge < -0.3 is 14.1 Å². The normalized spacial score (nSPS) is 31.8. The smallest absolute Gasteiger partial charge is 0.291 e. The number of ether oxygens (including phenoxy) is 1. The Balaban J connectivity index is 1.20. The number of oxazole rings is 1. The van der Waals surface area contributed by atoms with Crippen LogP contribution in [0.25, 0.3) is 0 Å². The van der Waals surface area contributed by atoms with E-state index in [1.807, 2.05) is 4.90 Å². The molecule has 0 spiro atoms. The third-order valence-corrected chi connectivity index (χ3v) is 7.12. The average molecular weight is 397 g/mol. The number of likely N-dealkylation sites (tertiary alicyclic amines) is 1. The van der Waals surface area contributed by atoms with E-state index in [1.165, 1.54) is 38.3 Å². The van der Waals surface area contributed by atoms with Crippen LogP contribution in [0.1, 0.15) is 66.7 Å². The molecule has 1 aliphatic heterocycles. The van der Waals surface area contributed by atoms with Gasteiger partial charge in [-0.15, -0.1) is 5.10 Å². The molecule has 0 N–H and O–H groups in total. The summed E-state index contributed by atoms with van der Waals surface area (Å²) in [6, 6.07) is 0.204. The van der Waals surface area contributed by atoms with Crippen molar-refractivity contribution in [3.05, 3.63) is 30.2 Å². The molecule has 1 amide bonds. The highest BCUT2D eigenvalue weighted by molar-refractivity contribution is 5.91. The molecule has 2 aromatic heterocycles. The van der Waals surface area contributed by atoms with Gasteiger partial charge in [0.2, 0.25) is 5.76 Å². The van der Waals surface area contributed by atoms with Gasteiger partial charge in [0.1, 0.15) is 0 Å². The fourth-order valence-corrected chi connectivity index (χ4v) is 5.05. The van der Waals surface area contributed by atoms with Gasteiger partial charge in [0, 0.05) is 31.8 Å². The van der Waals surface area contributed by atoms with Crippen molar-refractivity contribution in [2.24, 2.45) is 17.8 Å². The quantitative estimate of drug-likeness (QED) is 0.745. The monoisotopic (exact) mass is 397 g/mol. The molecule has 4 aliphatic rings. The maximum atomic E-state index is 12.7. The molecule has 3 saturated carbocycles. The molecule has 4 fully saturated rings. The summed E-state index contributed by atoms with van der Waals surface area (Å²) in [5.74, 6) is 2.54. The minimum Gasteiger partial charge on any atom is -0.438 e. The van der Waals surface area contributed by atoms with E-state index in [0.717, 1.165) is 44.1 Å². The minimum absolute atomic E-state index is 0.0549. The molecule has 6 rings (SSSR count). The number of fused-ring (bicyclic) bond motifs is 1. The van der Waals surface area contributed by atoms with E-state index in [9.17, 15) is 4.79 Å². The van der Waals surface area contributed by atoms with Crippen molar-refractivity contribution in [1.82, 2.24) is 24.9 Å². The molecular weight excluding hydrogens is 370 g/mol. The average Bonchev–Trinajstić information content (AvgIpc) is 3.59. The van der Waals surface area contributed by atoms with Crippen LogP contribution in [0, 0.1) is 17.8 Å². The van der Waals surface area contributed by atoms with Gasteiger partial charge in [-0.2, -0.15) is 0 Å². The molecule has 29 heavy (non-hydrogen) atoms. The molecule has 2 aromatic rings. The minimum atomic E-state index is -0.0549. The lowest BCUT2D eigenvalue weighted by Gasteiger charge is -2.37. The predicted octanol–water partition coefficient (Wildman–Crippen LogP) is 2.66. The maximum Gasteiger partial charge on any atom is 0.291 e. The summed E-state index contributed by atoms with van der Waals surface area (Å²) in [5, 5.41) is 8.92. The van der Waals surface area contributed by atoms with Gasteiger partial charge in [0.05, 0.1) is 24.0 Å². The van der Waals surface area contributed by atoms with Crippen LogP contribution in [0.4, 0.5) is 0 Å². The number of hydrogen-bond donors (Lipinski definition) is 0. The third kappa shape index (κ3) is 3.47. The number of rotatable bonds is 6. The highest BCUT2D eigenvalue weighted by atomic mass is 16.5. The zero-order valence-corrected chi connectivity index (χ0v) is 16.5. The molecule has 3 aliphatic carbocycles. The number of nitrogens with zero attached hydrogens (tertiary/aromatic N) is 5. The summed E-state index contributed by atoms with van der Waals surface area (Å²) >= 11 is 0. The number of amides is 1. The van der Waals surface area contributed by atoms with Gasteiger partial charge in [-0.1, -0.05) is 5.21 Å². The fourth-order valence-electron chi connectivity index (χ4n) is 5.05. The highest BCUT2D eigenvalue weighted by Crippen LogP contribution is 2.44. The van der Waals surface area contributed by atoms with E-state index < -0.39 is 0 Å². The van der Waals surface area contributed by atoms with E-state index >= 15 is 0 Å². The Morgan fingerprint density at radius 3 is 2.72 bits per heavy atom. The second-order valence-corrected chi connectivity index (χ2v) is 9.35. The van der Waals surface area contributed by atoms with E-state index in [4.69, 9.17) is 9.15 Å². The predicted molar refractivity (Wildman–Crippen MR) is 102 cm³/mol. The van der Waals surface area contributed by atoms with E-state index in [1.54, 1.807) is 0 Å². The molecule has 154 valence electrons. The fraction of sp³-hybridized carbons (Fsp3) is 0.714. The number of carbonyl (C=O) groups is 1. The Kier molecular flexibility index (Phi) is 4.21. The van der Waals surface area contributed by atoms with E-state index in [2.05, 4.69) is 26.2 Å². The van der Waals surface area contributed by atoms with Crippen LogP contribution in [0.3, 0.4) is 0 Å². The van der Waals surface area contributed by atoms with Crippen LogP contribution in [0.5, 0.6) is 0 Å². The van der Waals surface area contributed by atoms with Crippen LogP contribution >= 0.6 is 0 Å². The Hall–Kier alpha value is -2.22. The van der Waals surface area contributed by atoms with Crippen molar-refractivity contribution in [3.63, 3.8) is 0 Å². The van der Waals surface area contributed by atoms with Gasteiger partial charge in [-0.05, 0) is 56.3 Å². The first kappa shape index (κ1) is 17.6. The molecule has 1 saturated heterocycles. The van der Waals surface area contributed by atoms with E-state index in [0.29, 0.717) is 23.5 Å². The molecule has 8 nitrogen and oxygen atoms in total. The molecule has 3 heterocycles. The van der Waals surface area contributed by atoms with Crippen molar-refractivity contribution >= 4 is 5.91 Å². The summed E-state index contributed by atoms with van der Waals surface area (Å²) in [6.45, 7) is 2.38. The van der Waals surface area contributed by atoms with Gasteiger partial charge in [-0.3, -0.25) is 4.79 Å². The second kappa shape index (κ2) is 6.93. The molecule has 0 unspecified atom stereocenters. The number of aromatic nitrogens is 4. The number of carbonyl (C=O) groups excluding carboxylic acids is 1. The molecular formula is C21H27N5O3. The Bertz CT molecular complexity index is 873. The summed E-state index contributed by atoms with van der Waals surface area (Å²) in [7, 11) is 0. The van der Waals surface area contributed by atoms with Crippen LogP contribution in [-0.4, -0.2) is 56.6 Å². The van der Waals surface area contributed by atoms with Crippen LogP contribution in [0.15, 0.2) is 23.2 Å². The van der Waals surface area contributed by atoms with E-state index in [-0.39, 0.29) is 18.1 Å². The molecule has 0 radical (unpaired) electrons. The first-order chi connectivity index (χ1) is 14.2. The molecule has 4 atom stereocenters. The van der Waals surface area contributed by atoms with Crippen LogP contribution < -0.4 is 0 Å². The molecule has 0 aromatic carbocycles. The van der Waals surface area contributed by atoms with Crippen molar-refractivity contribution in [2.75, 3.05) is 19.7 Å². The highest BCUT2D eigenvalue weighted by Gasteiger charge is 2.46. The maximum absolute atomic E-state index is 12.7. The largest absolute Gasteiger partial charge is 0.438 e. The second-order valence-electron chi connectivity index (χ2n) is 9.35. The lowest BCUT2D eigenvalue weighted by Crippen LogP contribution is -2.38. The lowest BCUT2D eigenvalue weighted by atomic mass is 9.77. The summed E-state index contributed by atoms with van der Waals surface area (Å²) < 4.78 is 13.7. The third-order valence-electron chi connectivity index (χ3n) is 7.12. The van der Waals surface area contributed by atoms with Crippen LogP contribution in [0.2, 0.25) is 0 Å². The van der Waals surface area contributed by atoms with Crippen molar-refractivity contribution in [3.8, 4) is 0 Å². The first-order valence-corrected chi connectivity index (χ1v) is 11.0. The Morgan fingerprint density at radius 1 is 1.17 bits per heavy atom. The van der Waals surface area contributed by atoms with Gasteiger partial charge >= 0.3 is 0 Å². The molecule has 0 bridgehead atoms.